The van der Waals surface area contributed by atoms with Crippen LogP contribution in [0, 0.1) is 0 Å². The average Bonchev–Trinajstić information content (AvgIpc) is 3.39. The fourth-order valence-corrected chi connectivity index (χ4v) is 9.89. The van der Waals surface area contributed by atoms with Crippen molar-refractivity contribution in [3.05, 3.63) is 36.5 Å². The average molecular weight is 1040 g/mol. The molecule has 11 heteroatoms. The molecule has 1 aliphatic heterocycles. The molecule has 0 aromatic heterocycles. The molecule has 11 nitrogen and oxygen atoms in total. The van der Waals surface area contributed by atoms with E-state index in [0.717, 1.165) is 51.4 Å². The maximum absolute atomic E-state index is 13.1. The van der Waals surface area contributed by atoms with E-state index in [1.807, 2.05) is 0 Å². The Balaban J connectivity index is 2.07. The van der Waals surface area contributed by atoms with Gasteiger partial charge in [-0.05, 0) is 70.6 Å². The van der Waals surface area contributed by atoms with Crippen LogP contribution in [0.4, 0.5) is 0 Å². The molecule has 0 aromatic carbocycles. The molecule has 8 N–H and O–H groups in total. The van der Waals surface area contributed by atoms with Gasteiger partial charge < -0.3 is 50.5 Å². The molecular weight excluding hydrogens is 919 g/mol. The van der Waals surface area contributed by atoms with Gasteiger partial charge in [0.1, 0.15) is 36.6 Å². The van der Waals surface area contributed by atoms with E-state index in [0.29, 0.717) is 12.8 Å². The minimum Gasteiger partial charge on any atom is -0.394 e. The summed E-state index contributed by atoms with van der Waals surface area (Å²) in [7, 11) is 0. The topological polar surface area (TPSA) is 189 Å². The van der Waals surface area contributed by atoms with Crippen LogP contribution in [0.25, 0.3) is 0 Å². The number of hydrogen-bond donors (Lipinski definition) is 8. The molecule has 1 aliphatic rings. The van der Waals surface area contributed by atoms with Gasteiger partial charge in [-0.2, -0.15) is 0 Å². The number of hydrogen-bond acceptors (Lipinski definition) is 10. The quantitative estimate of drug-likeness (QED) is 0.0215. The highest BCUT2D eigenvalue weighted by atomic mass is 16.7. The fraction of sp³-hybridized carbons (Fsp3) is 0.887. The molecule has 0 radical (unpaired) electrons. The van der Waals surface area contributed by atoms with Crippen molar-refractivity contribution in [2.45, 2.75) is 339 Å². The lowest BCUT2D eigenvalue weighted by atomic mass is 9.98. The number of nitrogens with one attached hydrogen (secondary N) is 1. The van der Waals surface area contributed by atoms with E-state index in [1.54, 1.807) is 0 Å². The maximum Gasteiger partial charge on any atom is 0.249 e. The smallest absolute Gasteiger partial charge is 0.249 e. The van der Waals surface area contributed by atoms with Crippen LogP contribution >= 0.6 is 0 Å². The highest BCUT2D eigenvalue weighted by molar-refractivity contribution is 5.80. The van der Waals surface area contributed by atoms with E-state index >= 15 is 0 Å². The second-order valence-electron chi connectivity index (χ2n) is 21.8. The van der Waals surface area contributed by atoms with Crippen molar-refractivity contribution in [2.24, 2.45) is 0 Å². The Morgan fingerprint density at radius 1 is 0.479 bits per heavy atom. The summed E-state index contributed by atoms with van der Waals surface area (Å²) in [6.07, 6.45) is 52.8. The van der Waals surface area contributed by atoms with Crippen LogP contribution in [-0.2, 0) is 14.3 Å². The normalized spacial score (nSPS) is 20.2. The van der Waals surface area contributed by atoms with Crippen LogP contribution in [0.1, 0.15) is 284 Å². The summed E-state index contributed by atoms with van der Waals surface area (Å²) in [5.74, 6) is -0.707. The molecule has 0 aliphatic carbocycles. The Labute approximate surface area is 447 Å². The Hall–Kier alpha value is -1.67. The first kappa shape index (κ1) is 69.3. The summed E-state index contributed by atoms with van der Waals surface area (Å²) in [5.41, 5.74) is 0. The lowest BCUT2D eigenvalue weighted by Crippen LogP contribution is -2.60. The molecule has 73 heavy (non-hydrogen) atoms. The zero-order valence-electron chi connectivity index (χ0n) is 47.1. The first-order valence-corrected chi connectivity index (χ1v) is 30.9. The zero-order valence-corrected chi connectivity index (χ0v) is 47.1. The summed E-state index contributed by atoms with van der Waals surface area (Å²) in [6.45, 7) is 3.38. The minimum absolute atomic E-state index is 0.254. The molecule has 430 valence electrons. The van der Waals surface area contributed by atoms with Crippen LogP contribution in [0.3, 0.4) is 0 Å². The molecule has 0 aromatic rings. The second kappa shape index (κ2) is 51.1. The monoisotopic (exact) mass is 1040 g/mol. The van der Waals surface area contributed by atoms with Gasteiger partial charge in [-0.3, -0.25) is 4.79 Å². The van der Waals surface area contributed by atoms with Crippen LogP contribution in [0.2, 0.25) is 0 Å². The summed E-state index contributed by atoms with van der Waals surface area (Å²) in [4.78, 5) is 13.1. The number of unbranched alkanes of at least 4 members (excludes halogenated alkanes) is 35. The van der Waals surface area contributed by atoms with E-state index in [9.17, 15) is 40.5 Å². The summed E-state index contributed by atoms with van der Waals surface area (Å²) in [6, 6.07) is -1.18. The molecule has 0 saturated carbocycles. The van der Waals surface area contributed by atoms with Gasteiger partial charge >= 0.3 is 0 Å². The number of ether oxygens (including phenoxy) is 2. The summed E-state index contributed by atoms with van der Waals surface area (Å²) in [5, 5.41) is 75.6. The summed E-state index contributed by atoms with van der Waals surface area (Å²) >= 11 is 0. The molecule has 9 unspecified atom stereocenters. The van der Waals surface area contributed by atoms with Gasteiger partial charge in [-0.25, -0.2) is 0 Å². The predicted molar refractivity (Wildman–Crippen MR) is 302 cm³/mol. The van der Waals surface area contributed by atoms with E-state index in [2.05, 4.69) is 55.6 Å². The van der Waals surface area contributed by atoms with Gasteiger partial charge in [-0.15, -0.1) is 0 Å². The van der Waals surface area contributed by atoms with E-state index < -0.39 is 74.2 Å². The molecule has 1 fully saturated rings. The van der Waals surface area contributed by atoms with Gasteiger partial charge in [0.15, 0.2) is 6.29 Å². The van der Waals surface area contributed by atoms with Crippen LogP contribution < -0.4 is 5.32 Å². The van der Waals surface area contributed by atoms with Crippen molar-refractivity contribution in [3.8, 4) is 0 Å². The standard InChI is InChI=1S/C62H117NO10/c1-3-5-7-9-11-13-14-15-16-17-18-19-20-21-22-23-24-25-26-27-28-29-30-31-32-33-34-35-36-37-38-39-40-41-42-44-46-48-50-55(66)61(71)63-53(52-72-62-60(70)59(69)58(68)56(51-64)73-62)57(67)54(65)49-47-45-43-12-10-8-6-4-2/h12,24-25,27-28,43,53-60,62,64-70H,3-11,13-23,26,29-42,44-52H2,1-2H3,(H,63,71)/b25-24-,28-27-,43-12+. The number of amides is 1. The van der Waals surface area contributed by atoms with E-state index in [4.69, 9.17) is 9.47 Å². The molecule has 0 bridgehead atoms. The number of carbonyl (C=O) groups is 1. The van der Waals surface area contributed by atoms with Crippen LogP contribution in [-0.4, -0.2) is 110 Å². The zero-order chi connectivity index (χ0) is 53.3. The molecule has 1 heterocycles. The van der Waals surface area contributed by atoms with Crippen molar-refractivity contribution in [3.63, 3.8) is 0 Å². The molecule has 1 amide bonds. The second-order valence-corrected chi connectivity index (χ2v) is 21.8. The maximum atomic E-state index is 13.1. The molecule has 0 spiro atoms. The van der Waals surface area contributed by atoms with Crippen molar-refractivity contribution in [1.29, 1.82) is 0 Å². The Bertz CT molecular complexity index is 1280. The largest absolute Gasteiger partial charge is 0.394 e. The first-order valence-electron chi connectivity index (χ1n) is 30.9. The van der Waals surface area contributed by atoms with Crippen molar-refractivity contribution in [1.82, 2.24) is 5.32 Å². The first-order chi connectivity index (χ1) is 35.7. The molecule has 1 saturated heterocycles. The number of allylic oxidation sites excluding steroid dienone is 6. The van der Waals surface area contributed by atoms with E-state index in [-0.39, 0.29) is 12.8 Å². The van der Waals surface area contributed by atoms with Gasteiger partial charge in [0.2, 0.25) is 5.91 Å². The number of rotatable bonds is 53. The lowest BCUT2D eigenvalue weighted by Gasteiger charge is -2.40. The van der Waals surface area contributed by atoms with E-state index in [1.165, 1.54) is 193 Å². The van der Waals surface area contributed by atoms with Gasteiger partial charge in [0.05, 0.1) is 25.4 Å². The third kappa shape index (κ3) is 39.4. The molecule has 1 rings (SSSR count). The van der Waals surface area contributed by atoms with Crippen molar-refractivity contribution in [2.75, 3.05) is 13.2 Å². The number of aliphatic hydroxyl groups excluding tert-OH is 7. The summed E-state index contributed by atoms with van der Waals surface area (Å²) < 4.78 is 11.1. The predicted octanol–water partition coefficient (Wildman–Crippen LogP) is 13.5. The van der Waals surface area contributed by atoms with Crippen LogP contribution in [0.5, 0.6) is 0 Å². The highest BCUT2D eigenvalue weighted by Gasteiger charge is 2.44. The Morgan fingerprint density at radius 3 is 1.29 bits per heavy atom. The SMILES string of the molecule is CCCCC/C=C/CCCC(O)C(O)C(COC1OC(CO)C(O)C(O)C1O)NC(=O)C(O)CCCCCCCCCCCCCCCCCC/C=C\C/C=C\CCCCCCCCCCCCCCCCC. The third-order valence-corrected chi connectivity index (χ3v) is 14.9. The third-order valence-electron chi connectivity index (χ3n) is 14.9. The van der Waals surface area contributed by atoms with Gasteiger partial charge in [0, 0.05) is 0 Å². The van der Waals surface area contributed by atoms with Crippen molar-refractivity contribution < 1.29 is 50.0 Å². The fourth-order valence-electron chi connectivity index (χ4n) is 9.89. The molecular formula is C62H117NO10. The lowest BCUT2D eigenvalue weighted by molar-refractivity contribution is -0.303. The molecule has 9 atom stereocenters. The number of aliphatic hydroxyl groups is 7. The van der Waals surface area contributed by atoms with Gasteiger partial charge in [-0.1, -0.05) is 249 Å². The van der Waals surface area contributed by atoms with Gasteiger partial charge in [0.25, 0.3) is 0 Å². The minimum atomic E-state index is -1.67. The number of carbonyl (C=O) groups excluding carboxylic acids is 1. The Morgan fingerprint density at radius 2 is 0.849 bits per heavy atom. The van der Waals surface area contributed by atoms with Crippen molar-refractivity contribution >= 4 is 5.91 Å². The Kier molecular flexibility index (Phi) is 48.5. The van der Waals surface area contributed by atoms with Crippen LogP contribution in [0.15, 0.2) is 36.5 Å². The highest BCUT2D eigenvalue weighted by Crippen LogP contribution is 2.23.